The van der Waals surface area contributed by atoms with Crippen molar-refractivity contribution in [2.45, 2.75) is 6.54 Å². The molecule has 0 aliphatic rings. The molecule has 2 aromatic heterocycles. The van der Waals surface area contributed by atoms with Gasteiger partial charge in [-0.3, -0.25) is 9.36 Å². The first-order valence-corrected chi connectivity index (χ1v) is 5.64. The molecule has 2 N–H and O–H groups in total. The summed E-state index contributed by atoms with van der Waals surface area (Å²) in [5, 5.41) is 0.209. The standard InChI is InChI=1S/C8H9ClN4O2S/c1-15-3-2-13-6-4(16-8(13)14)5(9)11-7(10)12-6/h2-3H2,1H3,(H2,10,11,12). The van der Waals surface area contributed by atoms with Crippen molar-refractivity contribution >= 4 is 39.2 Å². The van der Waals surface area contributed by atoms with Crippen LogP contribution in [0.1, 0.15) is 0 Å². The van der Waals surface area contributed by atoms with E-state index in [4.69, 9.17) is 22.1 Å². The van der Waals surface area contributed by atoms with Crippen LogP contribution in [0, 0.1) is 0 Å². The number of nitrogen functional groups attached to an aromatic ring is 1. The summed E-state index contributed by atoms with van der Waals surface area (Å²) in [5.74, 6) is 0.0569. The molecule has 8 heteroatoms. The largest absolute Gasteiger partial charge is 0.383 e. The van der Waals surface area contributed by atoms with E-state index >= 15 is 0 Å². The van der Waals surface area contributed by atoms with Crippen molar-refractivity contribution in [2.24, 2.45) is 0 Å². The number of thiazole rings is 1. The topological polar surface area (TPSA) is 83.0 Å². The summed E-state index contributed by atoms with van der Waals surface area (Å²) < 4.78 is 6.95. The van der Waals surface area contributed by atoms with Crippen molar-refractivity contribution in [3.63, 3.8) is 0 Å². The quantitative estimate of drug-likeness (QED) is 0.823. The Morgan fingerprint density at radius 2 is 2.31 bits per heavy atom. The van der Waals surface area contributed by atoms with Crippen LogP contribution in [-0.2, 0) is 11.3 Å². The van der Waals surface area contributed by atoms with E-state index in [0.29, 0.717) is 23.5 Å². The first-order valence-electron chi connectivity index (χ1n) is 4.44. The molecule has 2 heterocycles. The Kier molecular flexibility index (Phi) is 3.08. The average Bonchev–Trinajstić information content (AvgIpc) is 2.53. The van der Waals surface area contributed by atoms with Gasteiger partial charge >= 0.3 is 4.87 Å². The van der Waals surface area contributed by atoms with Gasteiger partial charge in [-0.15, -0.1) is 0 Å². The van der Waals surface area contributed by atoms with E-state index in [2.05, 4.69) is 9.97 Å². The molecule has 0 amide bonds. The van der Waals surface area contributed by atoms with Gasteiger partial charge in [-0.25, -0.2) is 0 Å². The fraction of sp³-hybridized carbons (Fsp3) is 0.375. The molecular weight excluding hydrogens is 252 g/mol. The van der Waals surface area contributed by atoms with Gasteiger partial charge in [-0.1, -0.05) is 22.9 Å². The maximum Gasteiger partial charge on any atom is 0.309 e. The highest BCUT2D eigenvalue weighted by molar-refractivity contribution is 7.17. The number of hydrogen-bond acceptors (Lipinski definition) is 6. The monoisotopic (exact) mass is 260 g/mol. The highest BCUT2D eigenvalue weighted by atomic mass is 35.5. The second kappa shape index (κ2) is 4.36. The van der Waals surface area contributed by atoms with E-state index in [9.17, 15) is 4.79 Å². The summed E-state index contributed by atoms with van der Waals surface area (Å²) in [6.07, 6.45) is 0. The number of methoxy groups -OCH3 is 1. The Hall–Kier alpha value is -1.18. The van der Waals surface area contributed by atoms with Crippen LogP contribution < -0.4 is 10.6 Å². The third-order valence-corrected chi connectivity index (χ3v) is 3.37. The molecule has 0 aliphatic carbocycles. The van der Waals surface area contributed by atoms with Crippen molar-refractivity contribution in [3.8, 4) is 0 Å². The molecule has 0 fully saturated rings. The molecule has 0 unspecified atom stereocenters. The van der Waals surface area contributed by atoms with Gasteiger partial charge in [0.25, 0.3) is 0 Å². The molecule has 0 spiro atoms. The summed E-state index contributed by atoms with van der Waals surface area (Å²) in [4.78, 5) is 19.3. The van der Waals surface area contributed by atoms with Crippen LogP contribution in [0.4, 0.5) is 5.95 Å². The SMILES string of the molecule is COCCn1c(=O)sc2c(Cl)nc(N)nc21. The lowest BCUT2D eigenvalue weighted by molar-refractivity contribution is 0.187. The Balaban J connectivity index is 2.64. The van der Waals surface area contributed by atoms with Crippen LogP contribution >= 0.6 is 22.9 Å². The van der Waals surface area contributed by atoms with Gasteiger partial charge in [0.15, 0.2) is 10.8 Å². The number of nitrogens with zero attached hydrogens (tertiary/aromatic N) is 3. The van der Waals surface area contributed by atoms with Crippen LogP contribution in [0.5, 0.6) is 0 Å². The molecule has 6 nitrogen and oxygen atoms in total. The zero-order chi connectivity index (χ0) is 11.7. The number of fused-ring (bicyclic) bond motifs is 1. The van der Waals surface area contributed by atoms with Gasteiger partial charge in [0.1, 0.15) is 4.70 Å². The molecule has 0 aliphatic heterocycles. The molecule has 86 valence electrons. The molecule has 16 heavy (non-hydrogen) atoms. The number of halogens is 1. The molecule has 2 aromatic rings. The first-order chi connectivity index (χ1) is 7.63. The second-order valence-electron chi connectivity index (χ2n) is 3.04. The van der Waals surface area contributed by atoms with Crippen molar-refractivity contribution in [3.05, 3.63) is 14.8 Å². The van der Waals surface area contributed by atoms with Gasteiger partial charge < -0.3 is 10.5 Å². The smallest absolute Gasteiger partial charge is 0.309 e. The van der Waals surface area contributed by atoms with Crippen molar-refractivity contribution in [1.29, 1.82) is 0 Å². The molecule has 0 radical (unpaired) electrons. The minimum absolute atomic E-state index is 0.0569. The fourth-order valence-electron chi connectivity index (χ4n) is 1.31. The summed E-state index contributed by atoms with van der Waals surface area (Å²) in [5.41, 5.74) is 5.95. The number of ether oxygens (including phenoxy) is 1. The van der Waals surface area contributed by atoms with E-state index in [0.717, 1.165) is 11.3 Å². The first kappa shape index (κ1) is 11.3. The van der Waals surface area contributed by atoms with E-state index < -0.39 is 0 Å². The zero-order valence-electron chi connectivity index (χ0n) is 8.44. The number of hydrogen-bond donors (Lipinski definition) is 1. The Morgan fingerprint density at radius 3 is 3.00 bits per heavy atom. The Morgan fingerprint density at radius 1 is 1.56 bits per heavy atom. The van der Waals surface area contributed by atoms with Crippen molar-refractivity contribution in [2.75, 3.05) is 19.5 Å². The van der Waals surface area contributed by atoms with Gasteiger partial charge in [-0.05, 0) is 0 Å². The number of anilines is 1. The maximum atomic E-state index is 11.7. The lowest BCUT2D eigenvalue weighted by Gasteiger charge is -2.02. The summed E-state index contributed by atoms with van der Waals surface area (Å²) in [7, 11) is 1.57. The van der Waals surface area contributed by atoms with E-state index in [1.807, 2.05) is 0 Å². The summed E-state index contributed by atoms with van der Waals surface area (Å²) >= 11 is 6.88. The van der Waals surface area contributed by atoms with Crippen LogP contribution in [0.3, 0.4) is 0 Å². The third-order valence-electron chi connectivity index (χ3n) is 2.01. The van der Waals surface area contributed by atoms with Gasteiger partial charge in [-0.2, -0.15) is 9.97 Å². The van der Waals surface area contributed by atoms with Gasteiger partial charge in [0.05, 0.1) is 13.2 Å². The van der Waals surface area contributed by atoms with E-state index in [1.54, 1.807) is 7.11 Å². The van der Waals surface area contributed by atoms with Crippen LogP contribution in [0.15, 0.2) is 4.79 Å². The van der Waals surface area contributed by atoms with Crippen LogP contribution in [0.2, 0.25) is 5.15 Å². The van der Waals surface area contributed by atoms with Gasteiger partial charge in [0.2, 0.25) is 5.95 Å². The molecular formula is C8H9ClN4O2S. The zero-order valence-corrected chi connectivity index (χ0v) is 10.0. The van der Waals surface area contributed by atoms with E-state index in [1.165, 1.54) is 4.57 Å². The predicted molar refractivity (Wildman–Crippen MR) is 63.0 cm³/mol. The Bertz CT molecular complexity index is 579. The summed E-state index contributed by atoms with van der Waals surface area (Å²) in [6.45, 7) is 0.843. The lowest BCUT2D eigenvalue weighted by atomic mass is 10.5. The minimum atomic E-state index is -0.145. The van der Waals surface area contributed by atoms with E-state index in [-0.39, 0.29) is 16.0 Å². The normalized spacial score (nSPS) is 11.1. The third kappa shape index (κ3) is 1.89. The Labute approximate surface area is 99.6 Å². The molecule has 2 rings (SSSR count). The number of nitrogens with two attached hydrogens (primary N) is 1. The minimum Gasteiger partial charge on any atom is -0.383 e. The molecule has 0 atom stereocenters. The fourth-order valence-corrected chi connectivity index (χ4v) is 2.43. The lowest BCUT2D eigenvalue weighted by Crippen LogP contribution is -2.16. The van der Waals surface area contributed by atoms with Crippen molar-refractivity contribution in [1.82, 2.24) is 14.5 Å². The predicted octanol–water partition coefficient (Wildman–Crippen LogP) is 0.735. The number of aromatic nitrogens is 3. The van der Waals surface area contributed by atoms with Crippen molar-refractivity contribution < 1.29 is 4.74 Å². The molecule has 0 saturated carbocycles. The van der Waals surface area contributed by atoms with Gasteiger partial charge in [0, 0.05) is 7.11 Å². The highest BCUT2D eigenvalue weighted by Gasteiger charge is 2.13. The molecule has 0 saturated heterocycles. The summed E-state index contributed by atoms with van der Waals surface area (Å²) in [6, 6.07) is 0. The van der Waals surface area contributed by atoms with Crippen LogP contribution in [0.25, 0.3) is 10.3 Å². The molecule has 0 aromatic carbocycles. The maximum absolute atomic E-state index is 11.7. The highest BCUT2D eigenvalue weighted by Crippen LogP contribution is 2.23. The van der Waals surface area contributed by atoms with Crippen LogP contribution in [-0.4, -0.2) is 28.3 Å². The second-order valence-corrected chi connectivity index (χ2v) is 4.36. The number of rotatable bonds is 3. The molecule has 0 bridgehead atoms. The average molecular weight is 261 g/mol.